The van der Waals surface area contributed by atoms with Crippen LogP contribution < -0.4 is 16.5 Å². The Kier molecular flexibility index (Phi) is 6.23. The van der Waals surface area contributed by atoms with E-state index in [1.165, 1.54) is 5.48 Å². The van der Waals surface area contributed by atoms with Crippen LogP contribution >= 0.6 is 12.4 Å². The molecule has 5 N–H and O–H groups in total. The van der Waals surface area contributed by atoms with Gasteiger partial charge in [0, 0.05) is 0 Å². The smallest absolute Gasteiger partial charge is 0.263 e. The van der Waals surface area contributed by atoms with Crippen LogP contribution in [0.25, 0.3) is 0 Å². The Balaban J connectivity index is 0.00000289. The standard InChI is InChI=1S/C8H12N4O5.ClH/c9-2-5(13)10-4-1-7(15)12(8(4)16)3-6(14)11-17;/h4,17H,1-3,9H2,(H,10,13)(H,11,14);1H/t4-;/m0./s1. The predicted octanol–water partition coefficient (Wildman–Crippen LogP) is -2.88. The Morgan fingerprint density at radius 3 is 2.50 bits per heavy atom. The molecule has 1 aliphatic rings. The lowest BCUT2D eigenvalue weighted by Crippen LogP contribution is -2.45. The largest absolute Gasteiger partial charge is 0.343 e. The number of nitrogens with two attached hydrogens (primary N) is 1. The molecule has 1 heterocycles. The molecule has 0 saturated carbocycles. The Hall–Kier alpha value is -1.71. The maximum atomic E-state index is 11.6. The summed E-state index contributed by atoms with van der Waals surface area (Å²) in [5.74, 6) is -2.75. The van der Waals surface area contributed by atoms with E-state index in [0.717, 1.165) is 0 Å². The lowest BCUT2D eigenvalue weighted by molar-refractivity contribution is -0.145. The number of carbonyl (C=O) groups is 4. The number of hydroxylamine groups is 1. The van der Waals surface area contributed by atoms with Crippen molar-refractivity contribution in [1.29, 1.82) is 0 Å². The normalized spacial score (nSPS) is 18.3. The van der Waals surface area contributed by atoms with Crippen molar-refractivity contribution < 1.29 is 24.4 Å². The molecule has 1 saturated heterocycles. The van der Waals surface area contributed by atoms with E-state index in [1.54, 1.807) is 0 Å². The maximum Gasteiger partial charge on any atom is 0.263 e. The third-order valence-corrected chi connectivity index (χ3v) is 2.19. The monoisotopic (exact) mass is 280 g/mol. The SMILES string of the molecule is Cl.NCC(=O)N[C@H]1CC(=O)N(CC(=O)NO)C1=O. The highest BCUT2D eigenvalue weighted by Gasteiger charge is 2.40. The lowest BCUT2D eigenvalue weighted by atomic mass is 10.2. The van der Waals surface area contributed by atoms with Crippen molar-refractivity contribution in [2.24, 2.45) is 5.73 Å². The van der Waals surface area contributed by atoms with Gasteiger partial charge in [0.15, 0.2) is 0 Å². The summed E-state index contributed by atoms with van der Waals surface area (Å²) < 4.78 is 0. The number of amides is 4. The van der Waals surface area contributed by atoms with Gasteiger partial charge in [0.05, 0.1) is 13.0 Å². The maximum absolute atomic E-state index is 11.6. The topological polar surface area (TPSA) is 142 Å². The first kappa shape index (κ1) is 16.3. The fourth-order valence-electron chi connectivity index (χ4n) is 1.39. The van der Waals surface area contributed by atoms with Gasteiger partial charge in [0.2, 0.25) is 11.8 Å². The summed E-state index contributed by atoms with van der Waals surface area (Å²) in [5, 5.41) is 10.5. The first-order chi connectivity index (χ1) is 7.99. The van der Waals surface area contributed by atoms with E-state index in [1.807, 2.05) is 0 Å². The second kappa shape index (κ2) is 6.89. The van der Waals surface area contributed by atoms with E-state index in [9.17, 15) is 19.2 Å². The van der Waals surface area contributed by atoms with E-state index in [-0.39, 0.29) is 25.4 Å². The molecule has 0 spiro atoms. The van der Waals surface area contributed by atoms with Crippen molar-refractivity contribution in [2.45, 2.75) is 12.5 Å². The molecule has 1 rings (SSSR count). The van der Waals surface area contributed by atoms with Gasteiger partial charge in [-0.25, -0.2) is 5.48 Å². The van der Waals surface area contributed by atoms with Crippen LogP contribution in [0.3, 0.4) is 0 Å². The van der Waals surface area contributed by atoms with Gasteiger partial charge < -0.3 is 11.1 Å². The molecule has 18 heavy (non-hydrogen) atoms. The van der Waals surface area contributed by atoms with Crippen LogP contribution in [0.1, 0.15) is 6.42 Å². The number of carbonyl (C=O) groups excluding carboxylic acids is 4. The van der Waals surface area contributed by atoms with Crippen molar-refractivity contribution in [3.8, 4) is 0 Å². The van der Waals surface area contributed by atoms with Crippen molar-refractivity contribution in [3.05, 3.63) is 0 Å². The molecule has 10 heteroatoms. The highest BCUT2D eigenvalue weighted by molar-refractivity contribution is 6.08. The molecule has 0 aliphatic carbocycles. The van der Waals surface area contributed by atoms with Gasteiger partial charge in [0.25, 0.3) is 11.8 Å². The molecule has 1 aliphatic heterocycles. The van der Waals surface area contributed by atoms with E-state index in [0.29, 0.717) is 4.90 Å². The van der Waals surface area contributed by atoms with Crippen LogP contribution in [0, 0.1) is 0 Å². The zero-order valence-electron chi connectivity index (χ0n) is 9.21. The van der Waals surface area contributed by atoms with Crippen LogP contribution in [-0.2, 0) is 19.2 Å². The van der Waals surface area contributed by atoms with Gasteiger partial charge in [-0.05, 0) is 0 Å². The van der Waals surface area contributed by atoms with Crippen LogP contribution in [0.5, 0.6) is 0 Å². The van der Waals surface area contributed by atoms with E-state index in [4.69, 9.17) is 10.9 Å². The second-order valence-electron chi connectivity index (χ2n) is 3.38. The van der Waals surface area contributed by atoms with Gasteiger partial charge in [-0.15, -0.1) is 12.4 Å². The minimum atomic E-state index is -0.995. The number of nitrogens with zero attached hydrogens (tertiary/aromatic N) is 1. The fourth-order valence-corrected chi connectivity index (χ4v) is 1.39. The number of nitrogens with one attached hydrogen (secondary N) is 2. The van der Waals surface area contributed by atoms with Crippen LogP contribution in [0.4, 0.5) is 0 Å². The van der Waals surface area contributed by atoms with E-state index >= 15 is 0 Å². The molecule has 0 aromatic rings. The molecule has 1 atom stereocenters. The van der Waals surface area contributed by atoms with Gasteiger partial charge in [0.1, 0.15) is 12.6 Å². The molecule has 0 aromatic carbocycles. The average molecular weight is 281 g/mol. The Bertz CT molecular complexity index is 374. The Morgan fingerprint density at radius 1 is 1.39 bits per heavy atom. The summed E-state index contributed by atoms with van der Waals surface area (Å²) in [4.78, 5) is 45.4. The highest BCUT2D eigenvalue weighted by atomic mass is 35.5. The van der Waals surface area contributed by atoms with Crippen LogP contribution in [-0.4, -0.2) is 52.9 Å². The number of imide groups is 1. The fraction of sp³-hybridized carbons (Fsp3) is 0.500. The first-order valence-corrected chi connectivity index (χ1v) is 4.76. The van der Waals surface area contributed by atoms with Gasteiger partial charge in [-0.3, -0.25) is 29.3 Å². The molecule has 4 amide bonds. The molecule has 1 fully saturated rings. The number of likely N-dealkylation sites (tertiary alicyclic amines) is 1. The number of hydrogen-bond acceptors (Lipinski definition) is 6. The molecule has 0 unspecified atom stereocenters. The Morgan fingerprint density at radius 2 is 2.00 bits per heavy atom. The number of hydrogen-bond donors (Lipinski definition) is 4. The van der Waals surface area contributed by atoms with Crippen molar-refractivity contribution >= 4 is 36.0 Å². The summed E-state index contributed by atoms with van der Waals surface area (Å²) in [6.45, 7) is -0.877. The minimum absolute atomic E-state index is 0. The molecule has 0 radical (unpaired) electrons. The highest BCUT2D eigenvalue weighted by Crippen LogP contribution is 2.12. The zero-order valence-corrected chi connectivity index (χ0v) is 10.0. The van der Waals surface area contributed by atoms with Crippen molar-refractivity contribution in [2.75, 3.05) is 13.1 Å². The summed E-state index contributed by atoms with van der Waals surface area (Å²) in [6.07, 6.45) is -0.219. The van der Waals surface area contributed by atoms with Crippen LogP contribution in [0.2, 0.25) is 0 Å². The van der Waals surface area contributed by atoms with Gasteiger partial charge >= 0.3 is 0 Å². The molecule has 0 aromatic heterocycles. The molecule has 9 nitrogen and oxygen atoms in total. The second-order valence-corrected chi connectivity index (χ2v) is 3.38. The summed E-state index contributed by atoms with van der Waals surface area (Å²) in [6, 6.07) is -0.995. The average Bonchev–Trinajstić information content (AvgIpc) is 2.56. The Labute approximate surface area is 108 Å². The van der Waals surface area contributed by atoms with E-state index < -0.39 is 36.2 Å². The van der Waals surface area contributed by atoms with Gasteiger partial charge in [-0.2, -0.15) is 0 Å². The lowest BCUT2D eigenvalue weighted by Gasteiger charge is -2.13. The summed E-state index contributed by atoms with van der Waals surface area (Å²) in [7, 11) is 0. The third kappa shape index (κ3) is 3.65. The zero-order chi connectivity index (χ0) is 13.0. The van der Waals surface area contributed by atoms with Crippen molar-refractivity contribution in [1.82, 2.24) is 15.7 Å². The van der Waals surface area contributed by atoms with E-state index in [2.05, 4.69) is 5.32 Å². The number of rotatable bonds is 4. The third-order valence-electron chi connectivity index (χ3n) is 2.19. The minimum Gasteiger partial charge on any atom is -0.343 e. The quantitative estimate of drug-likeness (QED) is 0.247. The molecular formula is C8H13ClN4O5. The number of halogens is 1. The van der Waals surface area contributed by atoms with Crippen LogP contribution in [0.15, 0.2) is 0 Å². The predicted molar refractivity (Wildman–Crippen MR) is 59.5 cm³/mol. The summed E-state index contributed by atoms with van der Waals surface area (Å²) >= 11 is 0. The molecule has 0 bridgehead atoms. The summed E-state index contributed by atoms with van der Waals surface area (Å²) in [5.41, 5.74) is 6.36. The first-order valence-electron chi connectivity index (χ1n) is 4.76. The molecular weight excluding hydrogens is 268 g/mol. The van der Waals surface area contributed by atoms with Gasteiger partial charge in [-0.1, -0.05) is 0 Å². The van der Waals surface area contributed by atoms with Crippen molar-refractivity contribution in [3.63, 3.8) is 0 Å². The molecule has 102 valence electrons.